The molecular formula is C30H39N7O4. The number of aliphatic hydroxyl groups excluding tert-OH is 1. The highest BCUT2D eigenvalue weighted by Crippen LogP contribution is 2.39. The van der Waals surface area contributed by atoms with E-state index in [1.807, 2.05) is 22.9 Å². The molecule has 2 aliphatic rings. The summed E-state index contributed by atoms with van der Waals surface area (Å²) in [4.78, 5) is 16.8. The zero-order valence-corrected chi connectivity index (χ0v) is 24.0. The van der Waals surface area contributed by atoms with Crippen LogP contribution in [0.2, 0.25) is 0 Å². The van der Waals surface area contributed by atoms with Gasteiger partial charge in [-0.2, -0.15) is 9.97 Å². The van der Waals surface area contributed by atoms with Gasteiger partial charge < -0.3 is 38.7 Å². The molecule has 4 heterocycles. The van der Waals surface area contributed by atoms with Crippen LogP contribution in [0.1, 0.15) is 44.9 Å². The Morgan fingerprint density at radius 3 is 2.46 bits per heavy atom. The molecule has 1 atom stereocenters. The fraction of sp³-hybridized carbons (Fsp3) is 0.500. The van der Waals surface area contributed by atoms with Gasteiger partial charge in [-0.3, -0.25) is 0 Å². The molecule has 0 radical (unpaired) electrons. The second-order valence-electron chi connectivity index (χ2n) is 10.9. The van der Waals surface area contributed by atoms with E-state index in [2.05, 4.69) is 32.0 Å². The van der Waals surface area contributed by atoms with Crippen molar-refractivity contribution >= 4 is 28.6 Å². The Morgan fingerprint density at radius 1 is 0.976 bits per heavy atom. The molecule has 4 aromatic rings. The minimum Gasteiger partial charge on any atom is -0.493 e. The maximum atomic E-state index is 10.0. The van der Waals surface area contributed by atoms with E-state index in [9.17, 15) is 5.11 Å². The van der Waals surface area contributed by atoms with Crippen molar-refractivity contribution in [3.63, 3.8) is 0 Å². The van der Waals surface area contributed by atoms with Crippen molar-refractivity contribution in [3.05, 3.63) is 36.9 Å². The fourth-order valence-corrected chi connectivity index (χ4v) is 6.23. The first kappa shape index (κ1) is 27.2. The molecule has 0 spiro atoms. The number of aromatic nitrogens is 5. The second-order valence-corrected chi connectivity index (χ2v) is 10.9. The summed E-state index contributed by atoms with van der Waals surface area (Å²) in [5, 5.41) is 14.4. The van der Waals surface area contributed by atoms with Crippen molar-refractivity contribution in [1.82, 2.24) is 24.1 Å². The summed E-state index contributed by atoms with van der Waals surface area (Å²) in [5.41, 5.74) is 1.73. The topological polar surface area (TPSA) is 112 Å². The summed E-state index contributed by atoms with van der Waals surface area (Å²) in [6.07, 6.45) is 14.2. The Labute approximate surface area is 240 Å². The number of fused-ring (bicyclic) bond motifs is 1. The van der Waals surface area contributed by atoms with Gasteiger partial charge in [0.25, 0.3) is 0 Å². The Hall–Kier alpha value is -3.99. The predicted molar refractivity (Wildman–Crippen MR) is 158 cm³/mol. The molecule has 2 N–H and O–H groups in total. The SMILES string of the molecule is COc1cc(-n2cnc(Nc3nc(N4CCC[C@H]4CO)nc4c3ccn4CC3CCCCC3)c2)cc(OC)c1OC. The summed E-state index contributed by atoms with van der Waals surface area (Å²) < 4.78 is 20.7. The van der Waals surface area contributed by atoms with Gasteiger partial charge in [0.15, 0.2) is 11.5 Å². The number of benzene rings is 1. The van der Waals surface area contributed by atoms with Crippen molar-refractivity contribution in [2.24, 2.45) is 5.92 Å². The third-order valence-corrected chi connectivity index (χ3v) is 8.41. The van der Waals surface area contributed by atoms with E-state index in [1.54, 1.807) is 27.7 Å². The maximum Gasteiger partial charge on any atom is 0.229 e. The lowest BCUT2D eigenvalue weighted by atomic mass is 9.89. The van der Waals surface area contributed by atoms with Crippen LogP contribution in [-0.4, -0.2) is 69.7 Å². The first-order valence-electron chi connectivity index (χ1n) is 14.5. The van der Waals surface area contributed by atoms with Gasteiger partial charge in [0, 0.05) is 31.4 Å². The molecule has 1 aliphatic heterocycles. The number of nitrogens with one attached hydrogen (secondary N) is 1. The maximum absolute atomic E-state index is 10.0. The second kappa shape index (κ2) is 11.9. The molecule has 11 nitrogen and oxygen atoms in total. The third-order valence-electron chi connectivity index (χ3n) is 8.41. The van der Waals surface area contributed by atoms with Crippen molar-refractivity contribution < 1.29 is 19.3 Å². The first-order chi connectivity index (χ1) is 20.1. The molecule has 1 aromatic carbocycles. The van der Waals surface area contributed by atoms with Gasteiger partial charge in [0.1, 0.15) is 23.6 Å². The van der Waals surface area contributed by atoms with Crippen LogP contribution in [0.15, 0.2) is 36.9 Å². The summed E-state index contributed by atoms with van der Waals surface area (Å²) in [6.45, 7) is 1.88. The number of hydrogen-bond donors (Lipinski definition) is 2. The third kappa shape index (κ3) is 5.38. The summed E-state index contributed by atoms with van der Waals surface area (Å²) in [7, 11) is 4.79. The molecule has 2 fully saturated rings. The van der Waals surface area contributed by atoms with Crippen LogP contribution in [0.4, 0.5) is 17.6 Å². The van der Waals surface area contributed by atoms with E-state index in [0.29, 0.717) is 40.8 Å². The first-order valence-corrected chi connectivity index (χ1v) is 14.5. The molecule has 41 heavy (non-hydrogen) atoms. The quantitative estimate of drug-likeness (QED) is 0.278. The molecule has 11 heteroatoms. The van der Waals surface area contributed by atoms with Crippen LogP contribution in [0.3, 0.4) is 0 Å². The number of hydrogen-bond acceptors (Lipinski definition) is 9. The van der Waals surface area contributed by atoms with E-state index in [-0.39, 0.29) is 12.6 Å². The molecule has 6 rings (SSSR count). The van der Waals surface area contributed by atoms with Gasteiger partial charge in [0.05, 0.1) is 51.2 Å². The molecule has 0 amide bonds. The molecule has 3 aromatic heterocycles. The molecule has 1 saturated heterocycles. The van der Waals surface area contributed by atoms with E-state index >= 15 is 0 Å². The predicted octanol–water partition coefficient (Wildman–Crippen LogP) is 4.93. The van der Waals surface area contributed by atoms with Crippen LogP contribution < -0.4 is 24.4 Å². The lowest BCUT2D eigenvalue weighted by Crippen LogP contribution is -2.33. The number of aliphatic hydroxyl groups is 1. The zero-order chi connectivity index (χ0) is 28.3. The van der Waals surface area contributed by atoms with Crippen molar-refractivity contribution in [3.8, 4) is 22.9 Å². The van der Waals surface area contributed by atoms with Gasteiger partial charge in [-0.15, -0.1) is 0 Å². The largest absolute Gasteiger partial charge is 0.493 e. The van der Waals surface area contributed by atoms with E-state index in [0.717, 1.165) is 42.7 Å². The van der Waals surface area contributed by atoms with Gasteiger partial charge in [-0.05, 0) is 37.7 Å². The molecule has 1 saturated carbocycles. The van der Waals surface area contributed by atoms with Gasteiger partial charge in [-0.1, -0.05) is 19.3 Å². The van der Waals surface area contributed by atoms with E-state index in [4.69, 9.17) is 24.2 Å². The number of imidazole rings is 1. The van der Waals surface area contributed by atoms with Gasteiger partial charge in [0.2, 0.25) is 11.7 Å². The van der Waals surface area contributed by atoms with Crippen LogP contribution >= 0.6 is 0 Å². The Kier molecular flexibility index (Phi) is 7.86. The molecule has 1 aliphatic carbocycles. The monoisotopic (exact) mass is 561 g/mol. The van der Waals surface area contributed by atoms with E-state index < -0.39 is 0 Å². The van der Waals surface area contributed by atoms with E-state index in [1.165, 1.54) is 32.1 Å². The minimum atomic E-state index is 0.0290. The van der Waals surface area contributed by atoms with Crippen LogP contribution in [0.25, 0.3) is 16.7 Å². The summed E-state index contributed by atoms with van der Waals surface area (Å²) in [6, 6.07) is 5.87. The average Bonchev–Trinajstić information content (AvgIpc) is 3.77. The Balaban J connectivity index is 1.35. The highest BCUT2D eigenvalue weighted by atomic mass is 16.5. The average molecular weight is 562 g/mol. The minimum absolute atomic E-state index is 0.0290. The van der Waals surface area contributed by atoms with Crippen LogP contribution in [0.5, 0.6) is 17.2 Å². The molecule has 218 valence electrons. The fourth-order valence-electron chi connectivity index (χ4n) is 6.23. The Morgan fingerprint density at radius 2 is 1.76 bits per heavy atom. The Bertz CT molecular complexity index is 1470. The highest BCUT2D eigenvalue weighted by molar-refractivity contribution is 5.90. The number of rotatable bonds is 10. The lowest BCUT2D eigenvalue weighted by Gasteiger charge is -2.24. The normalized spacial score (nSPS) is 17.8. The number of anilines is 3. The summed E-state index contributed by atoms with van der Waals surface area (Å²) >= 11 is 0. The van der Waals surface area contributed by atoms with Gasteiger partial charge in [-0.25, -0.2) is 4.98 Å². The molecular weight excluding hydrogens is 522 g/mol. The van der Waals surface area contributed by atoms with Crippen molar-refractivity contribution in [1.29, 1.82) is 0 Å². The molecule has 0 bridgehead atoms. The van der Waals surface area contributed by atoms with Gasteiger partial charge >= 0.3 is 0 Å². The van der Waals surface area contributed by atoms with Crippen LogP contribution in [-0.2, 0) is 6.54 Å². The summed E-state index contributed by atoms with van der Waals surface area (Å²) in [5.74, 6) is 4.32. The standard InChI is InChI=1S/C30H39N7O4/c1-39-24-14-22(15-25(40-2)27(24)41-3)36-17-26(31-19-36)32-28-23-11-13-35(16-20-8-5-4-6-9-20)29(23)34-30(33-28)37-12-7-10-21(37)18-38/h11,13-15,17,19-21,38H,4-10,12,16,18H2,1-3H3,(H,32,33,34)/t21-/m0/s1. The smallest absolute Gasteiger partial charge is 0.229 e. The van der Waals surface area contributed by atoms with Crippen LogP contribution in [0, 0.1) is 5.92 Å². The number of ether oxygens (including phenoxy) is 3. The van der Waals surface area contributed by atoms with Crippen molar-refractivity contribution in [2.45, 2.75) is 57.5 Å². The lowest BCUT2D eigenvalue weighted by molar-refractivity contribution is 0.265. The highest BCUT2D eigenvalue weighted by Gasteiger charge is 2.28. The van der Waals surface area contributed by atoms with Crippen molar-refractivity contribution in [2.75, 3.05) is 44.7 Å². The molecule has 0 unspecified atom stereocenters. The zero-order valence-electron chi connectivity index (χ0n) is 24.0. The number of nitrogens with zero attached hydrogens (tertiary/aromatic N) is 6. The number of methoxy groups -OCH3 is 3.